The van der Waals surface area contributed by atoms with E-state index >= 15 is 0 Å². The van der Waals surface area contributed by atoms with Crippen molar-refractivity contribution in [2.45, 2.75) is 33.1 Å². The minimum atomic E-state index is 0.152. The van der Waals surface area contributed by atoms with Crippen LogP contribution in [0.1, 0.15) is 38.8 Å². The lowest BCUT2D eigenvalue weighted by Gasteiger charge is -2.20. The van der Waals surface area contributed by atoms with Crippen LogP contribution in [0, 0.1) is 6.92 Å². The van der Waals surface area contributed by atoms with Crippen LogP contribution in [0.3, 0.4) is 0 Å². The standard InChI is InChI=1S/C13H19O/c1-6-14-12-8-10(2)7-11(9-12)13(3,4)5/h7-9H,2,6H2,1,3-5H3. The van der Waals surface area contributed by atoms with Crippen LogP contribution in [0.5, 0.6) is 5.75 Å². The zero-order valence-corrected chi connectivity index (χ0v) is 9.55. The Morgan fingerprint density at radius 1 is 1.21 bits per heavy atom. The average Bonchev–Trinajstić information content (AvgIpc) is 2.02. The van der Waals surface area contributed by atoms with Crippen LogP contribution in [0.4, 0.5) is 0 Å². The summed E-state index contributed by atoms with van der Waals surface area (Å²) < 4.78 is 5.48. The molecule has 1 rings (SSSR count). The second-order valence-electron chi connectivity index (χ2n) is 4.55. The Morgan fingerprint density at radius 2 is 1.86 bits per heavy atom. The molecule has 0 unspecified atom stereocenters. The zero-order valence-electron chi connectivity index (χ0n) is 9.55. The Balaban J connectivity index is 3.07. The average molecular weight is 191 g/mol. The van der Waals surface area contributed by atoms with Crippen molar-refractivity contribution in [1.29, 1.82) is 0 Å². The van der Waals surface area contributed by atoms with Gasteiger partial charge < -0.3 is 4.74 Å². The topological polar surface area (TPSA) is 9.23 Å². The van der Waals surface area contributed by atoms with Gasteiger partial charge in [-0.2, -0.15) is 0 Å². The summed E-state index contributed by atoms with van der Waals surface area (Å²) >= 11 is 0. The first-order valence-corrected chi connectivity index (χ1v) is 5.04. The number of ether oxygens (including phenoxy) is 1. The SMILES string of the molecule is [CH2]c1cc(OCC)cc(C(C)(C)C)c1. The van der Waals surface area contributed by atoms with Crippen molar-refractivity contribution in [3.05, 3.63) is 36.2 Å². The minimum absolute atomic E-state index is 0.152. The van der Waals surface area contributed by atoms with Gasteiger partial charge in [0, 0.05) is 0 Å². The first kappa shape index (κ1) is 11.1. The highest BCUT2D eigenvalue weighted by molar-refractivity contribution is 5.38. The van der Waals surface area contributed by atoms with Crippen LogP contribution < -0.4 is 4.74 Å². The van der Waals surface area contributed by atoms with Crippen LogP contribution in [0.25, 0.3) is 0 Å². The van der Waals surface area contributed by atoms with E-state index in [1.807, 2.05) is 13.0 Å². The lowest BCUT2D eigenvalue weighted by molar-refractivity contribution is 0.339. The first-order valence-electron chi connectivity index (χ1n) is 5.04. The number of hydrogen-bond donors (Lipinski definition) is 0. The molecule has 1 aromatic carbocycles. The van der Waals surface area contributed by atoms with Gasteiger partial charge in [-0.1, -0.05) is 26.8 Å². The summed E-state index contributed by atoms with van der Waals surface area (Å²) in [6.45, 7) is 13.2. The summed E-state index contributed by atoms with van der Waals surface area (Å²) in [7, 11) is 0. The van der Waals surface area contributed by atoms with E-state index < -0.39 is 0 Å². The molecule has 0 fully saturated rings. The summed E-state index contributed by atoms with van der Waals surface area (Å²) in [6.07, 6.45) is 0. The number of hydrogen-bond acceptors (Lipinski definition) is 1. The van der Waals surface area contributed by atoms with Crippen molar-refractivity contribution in [2.24, 2.45) is 0 Å². The fourth-order valence-electron chi connectivity index (χ4n) is 1.34. The van der Waals surface area contributed by atoms with Crippen LogP contribution in [-0.2, 0) is 5.41 Å². The molecule has 0 heterocycles. The number of benzene rings is 1. The molecule has 0 aromatic heterocycles. The minimum Gasteiger partial charge on any atom is -0.494 e. The van der Waals surface area contributed by atoms with Gasteiger partial charge >= 0.3 is 0 Å². The number of rotatable bonds is 2. The van der Waals surface area contributed by atoms with Gasteiger partial charge in [0.1, 0.15) is 5.75 Å². The molecule has 0 saturated carbocycles. The van der Waals surface area contributed by atoms with Gasteiger partial charge in [-0.05, 0) is 42.5 Å². The van der Waals surface area contributed by atoms with Gasteiger partial charge in [0.15, 0.2) is 0 Å². The van der Waals surface area contributed by atoms with Crippen molar-refractivity contribution in [3.8, 4) is 5.75 Å². The second-order valence-corrected chi connectivity index (χ2v) is 4.55. The summed E-state index contributed by atoms with van der Waals surface area (Å²) in [4.78, 5) is 0. The molecule has 0 saturated heterocycles. The van der Waals surface area contributed by atoms with E-state index in [1.54, 1.807) is 0 Å². The molecule has 1 heteroatoms. The van der Waals surface area contributed by atoms with Gasteiger partial charge in [0.25, 0.3) is 0 Å². The van der Waals surface area contributed by atoms with Gasteiger partial charge in [-0.15, -0.1) is 0 Å². The fourth-order valence-corrected chi connectivity index (χ4v) is 1.34. The monoisotopic (exact) mass is 191 g/mol. The summed E-state index contributed by atoms with van der Waals surface area (Å²) in [5.74, 6) is 0.921. The predicted octanol–water partition coefficient (Wildman–Crippen LogP) is 3.56. The highest BCUT2D eigenvalue weighted by atomic mass is 16.5. The van der Waals surface area contributed by atoms with Crippen molar-refractivity contribution >= 4 is 0 Å². The van der Waals surface area contributed by atoms with Crippen molar-refractivity contribution in [1.82, 2.24) is 0 Å². The van der Waals surface area contributed by atoms with Crippen molar-refractivity contribution < 1.29 is 4.74 Å². The van der Waals surface area contributed by atoms with Gasteiger partial charge in [-0.3, -0.25) is 0 Å². The van der Waals surface area contributed by atoms with E-state index in [0.717, 1.165) is 11.3 Å². The quantitative estimate of drug-likeness (QED) is 0.694. The Labute approximate surface area is 87.1 Å². The molecule has 0 N–H and O–H groups in total. The van der Waals surface area contributed by atoms with E-state index in [9.17, 15) is 0 Å². The molecule has 14 heavy (non-hydrogen) atoms. The van der Waals surface area contributed by atoms with Crippen LogP contribution in [0.15, 0.2) is 18.2 Å². The molecule has 0 aliphatic carbocycles. The second kappa shape index (κ2) is 4.04. The Hall–Kier alpha value is -0.980. The lowest BCUT2D eigenvalue weighted by Crippen LogP contribution is -2.11. The maximum Gasteiger partial charge on any atom is 0.119 e. The Morgan fingerprint density at radius 3 is 2.36 bits per heavy atom. The third-order valence-corrected chi connectivity index (χ3v) is 2.14. The highest BCUT2D eigenvalue weighted by Gasteiger charge is 2.14. The molecule has 0 amide bonds. The summed E-state index contributed by atoms with van der Waals surface area (Å²) in [5, 5.41) is 0. The Bertz CT molecular complexity index is 308. The molecule has 0 aliphatic rings. The smallest absolute Gasteiger partial charge is 0.119 e. The molecule has 1 aromatic rings. The molecular weight excluding hydrogens is 172 g/mol. The van der Waals surface area contributed by atoms with Crippen LogP contribution >= 0.6 is 0 Å². The van der Waals surface area contributed by atoms with E-state index in [-0.39, 0.29) is 5.41 Å². The fraction of sp³-hybridized carbons (Fsp3) is 0.462. The third kappa shape index (κ3) is 2.76. The van der Waals surface area contributed by atoms with Gasteiger partial charge in [0.05, 0.1) is 6.61 Å². The van der Waals surface area contributed by atoms with Gasteiger partial charge in [0.2, 0.25) is 0 Å². The van der Waals surface area contributed by atoms with E-state index in [1.165, 1.54) is 5.56 Å². The maximum atomic E-state index is 5.48. The normalized spacial score (nSPS) is 11.5. The van der Waals surface area contributed by atoms with E-state index in [4.69, 9.17) is 4.74 Å². The van der Waals surface area contributed by atoms with E-state index in [0.29, 0.717) is 6.61 Å². The maximum absolute atomic E-state index is 5.48. The highest BCUT2D eigenvalue weighted by Crippen LogP contribution is 2.27. The molecule has 77 valence electrons. The van der Waals surface area contributed by atoms with Crippen LogP contribution in [0.2, 0.25) is 0 Å². The van der Waals surface area contributed by atoms with Crippen LogP contribution in [-0.4, -0.2) is 6.61 Å². The zero-order chi connectivity index (χ0) is 10.8. The molecule has 0 bridgehead atoms. The largest absolute Gasteiger partial charge is 0.494 e. The molecule has 0 spiro atoms. The van der Waals surface area contributed by atoms with Crippen molar-refractivity contribution in [3.63, 3.8) is 0 Å². The predicted molar refractivity (Wildman–Crippen MR) is 60.8 cm³/mol. The van der Waals surface area contributed by atoms with Gasteiger partial charge in [-0.25, -0.2) is 0 Å². The third-order valence-electron chi connectivity index (χ3n) is 2.14. The lowest BCUT2D eigenvalue weighted by atomic mass is 9.86. The van der Waals surface area contributed by atoms with E-state index in [2.05, 4.69) is 39.8 Å². The molecule has 1 radical (unpaired) electrons. The molecule has 0 aliphatic heterocycles. The summed E-state index contributed by atoms with van der Waals surface area (Å²) in [5.41, 5.74) is 2.44. The Kier molecular flexibility index (Phi) is 3.20. The first-order chi connectivity index (χ1) is 6.43. The molecule has 1 nitrogen and oxygen atoms in total. The van der Waals surface area contributed by atoms with Crippen molar-refractivity contribution in [2.75, 3.05) is 6.61 Å². The summed E-state index contributed by atoms with van der Waals surface area (Å²) in [6, 6.07) is 6.18. The molecular formula is C13H19O. The molecule has 0 atom stereocenters.